The van der Waals surface area contributed by atoms with E-state index in [1.54, 1.807) is 26.4 Å². The highest BCUT2D eigenvalue weighted by atomic mass is 16.5. The van der Waals surface area contributed by atoms with E-state index in [4.69, 9.17) is 9.47 Å². The zero-order valence-electron chi connectivity index (χ0n) is 9.57. The van der Waals surface area contributed by atoms with Crippen molar-refractivity contribution >= 4 is 0 Å². The first kappa shape index (κ1) is 11.7. The standard InChI is InChI=1S/C11H17NO3/c1-12(2)7-9-10(13)5-8(14-3)6-11(9)15-4/h5-6,13H,7H2,1-4H3. The topological polar surface area (TPSA) is 41.9 Å². The largest absolute Gasteiger partial charge is 0.507 e. The predicted molar refractivity (Wildman–Crippen MR) is 58.6 cm³/mol. The molecule has 0 aliphatic carbocycles. The summed E-state index contributed by atoms with van der Waals surface area (Å²) >= 11 is 0. The first-order valence-electron chi connectivity index (χ1n) is 4.67. The van der Waals surface area contributed by atoms with Crippen LogP contribution < -0.4 is 9.47 Å². The Kier molecular flexibility index (Phi) is 3.80. The second kappa shape index (κ2) is 4.89. The molecule has 1 aromatic rings. The lowest BCUT2D eigenvalue weighted by Gasteiger charge is -2.15. The van der Waals surface area contributed by atoms with Gasteiger partial charge in [0.2, 0.25) is 0 Å². The lowest BCUT2D eigenvalue weighted by atomic mass is 10.1. The third kappa shape index (κ3) is 2.76. The van der Waals surface area contributed by atoms with Crippen molar-refractivity contribution in [1.29, 1.82) is 0 Å². The van der Waals surface area contributed by atoms with Gasteiger partial charge in [0.05, 0.1) is 19.8 Å². The van der Waals surface area contributed by atoms with Crippen LogP contribution in [0.15, 0.2) is 12.1 Å². The molecule has 0 spiro atoms. The molecule has 4 heteroatoms. The van der Waals surface area contributed by atoms with E-state index in [-0.39, 0.29) is 5.75 Å². The number of ether oxygens (including phenoxy) is 2. The molecule has 0 atom stereocenters. The Bertz CT molecular complexity index is 337. The SMILES string of the molecule is COc1cc(O)c(CN(C)C)c(OC)c1. The van der Waals surface area contributed by atoms with Crippen LogP contribution in [0.25, 0.3) is 0 Å². The third-order valence-electron chi connectivity index (χ3n) is 2.09. The van der Waals surface area contributed by atoms with E-state index < -0.39 is 0 Å². The zero-order chi connectivity index (χ0) is 11.4. The van der Waals surface area contributed by atoms with Gasteiger partial charge in [-0.2, -0.15) is 0 Å². The van der Waals surface area contributed by atoms with Crippen molar-refractivity contribution < 1.29 is 14.6 Å². The molecule has 15 heavy (non-hydrogen) atoms. The number of phenolic OH excluding ortho intramolecular Hbond substituents is 1. The Labute approximate surface area is 90.0 Å². The highest BCUT2D eigenvalue weighted by Gasteiger charge is 2.12. The molecule has 0 saturated carbocycles. The van der Waals surface area contributed by atoms with Crippen LogP contribution in [0.5, 0.6) is 17.2 Å². The Morgan fingerprint density at radius 3 is 2.33 bits per heavy atom. The average molecular weight is 211 g/mol. The highest BCUT2D eigenvalue weighted by molar-refractivity contribution is 5.49. The minimum atomic E-state index is 0.194. The van der Waals surface area contributed by atoms with Crippen LogP contribution in [0, 0.1) is 0 Å². The van der Waals surface area contributed by atoms with Crippen molar-refractivity contribution in [2.45, 2.75) is 6.54 Å². The molecule has 0 fully saturated rings. The molecule has 0 radical (unpaired) electrons. The molecule has 0 aliphatic rings. The van der Waals surface area contributed by atoms with Gasteiger partial charge >= 0.3 is 0 Å². The molecule has 0 unspecified atom stereocenters. The Morgan fingerprint density at radius 1 is 1.20 bits per heavy atom. The predicted octanol–water partition coefficient (Wildman–Crippen LogP) is 1.47. The summed E-state index contributed by atoms with van der Waals surface area (Å²) in [6.45, 7) is 0.624. The number of benzene rings is 1. The molecule has 84 valence electrons. The van der Waals surface area contributed by atoms with E-state index in [2.05, 4.69) is 0 Å². The summed E-state index contributed by atoms with van der Waals surface area (Å²) in [4.78, 5) is 1.96. The number of hydrogen-bond donors (Lipinski definition) is 1. The highest BCUT2D eigenvalue weighted by Crippen LogP contribution is 2.33. The van der Waals surface area contributed by atoms with Gasteiger partial charge in [0.1, 0.15) is 17.2 Å². The number of phenols is 1. The van der Waals surface area contributed by atoms with Gasteiger partial charge in [-0.1, -0.05) is 0 Å². The van der Waals surface area contributed by atoms with Crippen LogP contribution in [-0.2, 0) is 6.54 Å². The van der Waals surface area contributed by atoms with Crippen molar-refractivity contribution in [3.63, 3.8) is 0 Å². The van der Waals surface area contributed by atoms with Crippen molar-refractivity contribution in [2.24, 2.45) is 0 Å². The molecule has 0 bridgehead atoms. The molecule has 0 aliphatic heterocycles. The van der Waals surface area contributed by atoms with Gasteiger partial charge in [0, 0.05) is 18.7 Å². The first-order valence-corrected chi connectivity index (χ1v) is 4.67. The summed E-state index contributed by atoms with van der Waals surface area (Å²) < 4.78 is 10.2. The maximum absolute atomic E-state index is 9.80. The van der Waals surface area contributed by atoms with Crippen molar-refractivity contribution in [3.8, 4) is 17.2 Å². The first-order chi connectivity index (χ1) is 7.08. The molecule has 0 aromatic heterocycles. The monoisotopic (exact) mass is 211 g/mol. The van der Waals surface area contributed by atoms with E-state index in [0.717, 1.165) is 5.56 Å². The molecular weight excluding hydrogens is 194 g/mol. The normalized spacial score (nSPS) is 10.5. The van der Waals surface area contributed by atoms with Crippen LogP contribution >= 0.6 is 0 Å². The van der Waals surface area contributed by atoms with Gasteiger partial charge < -0.3 is 19.5 Å². The summed E-state index contributed by atoms with van der Waals surface area (Å²) in [5, 5.41) is 9.80. The molecule has 4 nitrogen and oxygen atoms in total. The van der Waals surface area contributed by atoms with Crippen LogP contribution in [0.2, 0.25) is 0 Å². The van der Waals surface area contributed by atoms with Gasteiger partial charge in [-0.15, -0.1) is 0 Å². The van der Waals surface area contributed by atoms with Gasteiger partial charge in [-0.3, -0.25) is 0 Å². The van der Waals surface area contributed by atoms with Gasteiger partial charge in [-0.05, 0) is 14.1 Å². The number of rotatable bonds is 4. The fraction of sp³-hybridized carbons (Fsp3) is 0.455. The smallest absolute Gasteiger partial charge is 0.130 e. The second-order valence-corrected chi connectivity index (χ2v) is 3.57. The molecule has 0 heterocycles. The maximum Gasteiger partial charge on any atom is 0.130 e. The number of aromatic hydroxyl groups is 1. The second-order valence-electron chi connectivity index (χ2n) is 3.57. The molecule has 1 N–H and O–H groups in total. The van der Waals surface area contributed by atoms with E-state index in [0.29, 0.717) is 18.0 Å². The van der Waals surface area contributed by atoms with Crippen LogP contribution in [0.3, 0.4) is 0 Å². The fourth-order valence-corrected chi connectivity index (χ4v) is 1.38. The van der Waals surface area contributed by atoms with Crippen molar-refractivity contribution in [2.75, 3.05) is 28.3 Å². The minimum Gasteiger partial charge on any atom is -0.507 e. The van der Waals surface area contributed by atoms with Gasteiger partial charge in [0.25, 0.3) is 0 Å². The van der Waals surface area contributed by atoms with Crippen LogP contribution in [0.4, 0.5) is 0 Å². The van der Waals surface area contributed by atoms with Crippen molar-refractivity contribution in [1.82, 2.24) is 4.90 Å². The minimum absolute atomic E-state index is 0.194. The third-order valence-corrected chi connectivity index (χ3v) is 2.09. The Morgan fingerprint density at radius 2 is 1.87 bits per heavy atom. The summed E-state index contributed by atoms with van der Waals surface area (Å²) in [6.07, 6.45) is 0. The Balaban J connectivity index is 3.12. The fourth-order valence-electron chi connectivity index (χ4n) is 1.38. The molecule has 1 aromatic carbocycles. The van der Waals surface area contributed by atoms with E-state index in [9.17, 15) is 5.11 Å². The lowest BCUT2D eigenvalue weighted by molar-refractivity contribution is 0.350. The van der Waals surface area contributed by atoms with E-state index in [1.165, 1.54) is 0 Å². The molecule has 1 rings (SSSR count). The Hall–Kier alpha value is -1.42. The molecule has 0 saturated heterocycles. The summed E-state index contributed by atoms with van der Waals surface area (Å²) in [7, 11) is 7.00. The quantitative estimate of drug-likeness (QED) is 0.819. The zero-order valence-corrected chi connectivity index (χ0v) is 9.57. The summed E-state index contributed by atoms with van der Waals surface area (Å²) in [5.41, 5.74) is 0.767. The summed E-state index contributed by atoms with van der Waals surface area (Å²) in [6, 6.07) is 3.35. The van der Waals surface area contributed by atoms with Crippen molar-refractivity contribution in [3.05, 3.63) is 17.7 Å². The molecular formula is C11H17NO3. The van der Waals surface area contributed by atoms with Gasteiger partial charge in [0.15, 0.2) is 0 Å². The maximum atomic E-state index is 9.80. The number of hydrogen-bond acceptors (Lipinski definition) is 4. The average Bonchev–Trinajstić information content (AvgIpc) is 2.20. The van der Waals surface area contributed by atoms with E-state index in [1.807, 2.05) is 19.0 Å². The summed E-state index contributed by atoms with van der Waals surface area (Å²) in [5.74, 6) is 1.42. The van der Waals surface area contributed by atoms with Gasteiger partial charge in [-0.25, -0.2) is 0 Å². The molecule has 0 amide bonds. The van der Waals surface area contributed by atoms with Crippen LogP contribution in [-0.4, -0.2) is 38.3 Å². The lowest BCUT2D eigenvalue weighted by Crippen LogP contribution is -2.11. The number of methoxy groups -OCH3 is 2. The van der Waals surface area contributed by atoms with Crippen LogP contribution in [0.1, 0.15) is 5.56 Å². The number of nitrogens with zero attached hydrogens (tertiary/aromatic N) is 1. The van der Waals surface area contributed by atoms with E-state index >= 15 is 0 Å².